The number of hydrogen-bond donors (Lipinski definition) is 2. The standard InChI is InChI=1S/C24H28N2O6.Li/c1-24(2,3)32-23(31)26-14-18-7-5-4-6-17(18)12-19(26)20(27)13-25-21(28)15-8-10-16(11-9-15)22(29)30;/h4-11,19-20,27H,12-14H2,1-3H3,(H,25,28)(H,29,30);/q;+1/p-1/t19-,20?;/m0./s1. The fourth-order valence-electron chi connectivity index (χ4n) is 3.60. The van der Waals surface area contributed by atoms with Crippen molar-refractivity contribution in [2.75, 3.05) is 6.54 Å². The van der Waals surface area contributed by atoms with Gasteiger partial charge in [0.2, 0.25) is 0 Å². The van der Waals surface area contributed by atoms with E-state index in [1.165, 1.54) is 29.2 Å². The molecule has 0 saturated heterocycles. The first-order valence-corrected chi connectivity index (χ1v) is 10.4. The van der Waals surface area contributed by atoms with Crippen LogP contribution in [0.1, 0.15) is 52.6 Å². The molecule has 9 heteroatoms. The van der Waals surface area contributed by atoms with Crippen LogP contribution in [-0.4, -0.2) is 52.3 Å². The molecule has 0 radical (unpaired) electrons. The zero-order chi connectivity index (χ0) is 23.5. The topological polar surface area (TPSA) is 119 Å². The maximum atomic E-state index is 12.8. The van der Waals surface area contributed by atoms with E-state index in [1.807, 2.05) is 24.3 Å². The molecule has 0 bridgehead atoms. The van der Waals surface area contributed by atoms with E-state index in [0.717, 1.165) is 11.1 Å². The molecular weight excluding hydrogens is 419 g/mol. The van der Waals surface area contributed by atoms with Gasteiger partial charge in [0.05, 0.1) is 18.1 Å². The zero-order valence-electron chi connectivity index (χ0n) is 19.3. The third-order valence-corrected chi connectivity index (χ3v) is 5.22. The van der Waals surface area contributed by atoms with Crippen molar-refractivity contribution in [3.05, 3.63) is 70.8 Å². The van der Waals surface area contributed by atoms with Gasteiger partial charge < -0.3 is 25.1 Å². The number of carboxylic acids is 1. The molecule has 0 aliphatic carbocycles. The number of amides is 2. The summed E-state index contributed by atoms with van der Waals surface area (Å²) >= 11 is 0. The number of fused-ring (bicyclic) bond motifs is 1. The molecule has 2 amide bonds. The molecule has 2 aromatic carbocycles. The Morgan fingerprint density at radius 1 is 1.09 bits per heavy atom. The largest absolute Gasteiger partial charge is 1.00 e. The number of aromatic carboxylic acids is 1. The van der Waals surface area contributed by atoms with Gasteiger partial charge in [-0.25, -0.2) is 4.79 Å². The van der Waals surface area contributed by atoms with E-state index in [-0.39, 0.29) is 36.5 Å². The van der Waals surface area contributed by atoms with Crippen LogP contribution in [0.3, 0.4) is 0 Å². The second kappa shape index (κ2) is 10.9. The van der Waals surface area contributed by atoms with Crippen molar-refractivity contribution in [3.8, 4) is 0 Å². The SMILES string of the molecule is CC(C)(C)OC(=O)N1Cc2ccccc2C[C@H]1C(O)CNC(=O)c1ccc(C(=O)[O-])cc1.[Li+]. The summed E-state index contributed by atoms with van der Waals surface area (Å²) in [7, 11) is 0. The molecule has 1 unspecified atom stereocenters. The summed E-state index contributed by atoms with van der Waals surface area (Å²) in [5, 5.41) is 24.4. The number of carbonyl (C=O) groups excluding carboxylic acids is 3. The summed E-state index contributed by atoms with van der Waals surface area (Å²) in [5.41, 5.74) is 1.55. The van der Waals surface area contributed by atoms with Crippen LogP contribution in [0.15, 0.2) is 48.5 Å². The average Bonchev–Trinajstić information content (AvgIpc) is 2.75. The van der Waals surface area contributed by atoms with E-state index >= 15 is 0 Å². The Kier molecular flexibility index (Phi) is 8.73. The number of carbonyl (C=O) groups is 3. The molecule has 2 N–H and O–H groups in total. The molecule has 8 nitrogen and oxygen atoms in total. The Labute approximate surface area is 205 Å². The number of nitrogens with zero attached hydrogens (tertiary/aromatic N) is 1. The third-order valence-electron chi connectivity index (χ3n) is 5.22. The first-order valence-electron chi connectivity index (χ1n) is 10.4. The van der Waals surface area contributed by atoms with Crippen LogP contribution < -0.4 is 29.3 Å². The van der Waals surface area contributed by atoms with Gasteiger partial charge >= 0.3 is 25.0 Å². The van der Waals surface area contributed by atoms with Crippen molar-refractivity contribution in [2.45, 2.75) is 51.5 Å². The van der Waals surface area contributed by atoms with E-state index in [0.29, 0.717) is 13.0 Å². The van der Waals surface area contributed by atoms with Gasteiger partial charge in [0.15, 0.2) is 0 Å². The van der Waals surface area contributed by atoms with Crippen LogP contribution in [0.5, 0.6) is 0 Å². The maximum Gasteiger partial charge on any atom is 1.00 e. The van der Waals surface area contributed by atoms with Crippen molar-refractivity contribution >= 4 is 18.0 Å². The minimum atomic E-state index is -1.33. The molecule has 1 aliphatic heterocycles. The summed E-state index contributed by atoms with van der Waals surface area (Å²) in [6.07, 6.45) is -1.14. The monoisotopic (exact) mass is 446 g/mol. The second-order valence-electron chi connectivity index (χ2n) is 8.79. The van der Waals surface area contributed by atoms with Crippen molar-refractivity contribution in [3.63, 3.8) is 0 Å². The van der Waals surface area contributed by atoms with Gasteiger partial charge in [0, 0.05) is 18.7 Å². The van der Waals surface area contributed by atoms with Crippen LogP contribution in [-0.2, 0) is 17.7 Å². The Bertz CT molecular complexity index is 1000. The van der Waals surface area contributed by atoms with E-state index in [4.69, 9.17) is 4.74 Å². The minimum Gasteiger partial charge on any atom is -0.545 e. The molecule has 3 rings (SSSR count). The van der Waals surface area contributed by atoms with Gasteiger partial charge in [-0.15, -0.1) is 0 Å². The van der Waals surface area contributed by atoms with Crippen LogP contribution in [0.4, 0.5) is 4.79 Å². The number of aliphatic hydroxyl groups excluding tert-OH is 1. The van der Waals surface area contributed by atoms with Crippen molar-refractivity contribution < 1.29 is 48.2 Å². The minimum absolute atomic E-state index is 0. The molecule has 1 aliphatic rings. The van der Waals surface area contributed by atoms with Gasteiger partial charge in [-0.3, -0.25) is 9.69 Å². The smallest absolute Gasteiger partial charge is 0.545 e. The molecule has 0 saturated carbocycles. The summed E-state index contributed by atoms with van der Waals surface area (Å²) in [6, 6.07) is 12.4. The Morgan fingerprint density at radius 2 is 1.67 bits per heavy atom. The van der Waals surface area contributed by atoms with Gasteiger partial charge in [-0.05, 0) is 56.0 Å². The Morgan fingerprint density at radius 3 is 2.24 bits per heavy atom. The predicted molar refractivity (Wildman–Crippen MR) is 115 cm³/mol. The molecule has 0 spiro atoms. The summed E-state index contributed by atoms with van der Waals surface area (Å²) in [6.45, 7) is 5.54. The zero-order valence-corrected chi connectivity index (χ0v) is 19.3. The molecule has 2 atom stereocenters. The fraction of sp³-hybridized carbons (Fsp3) is 0.375. The summed E-state index contributed by atoms with van der Waals surface area (Å²) in [4.78, 5) is 37.6. The molecule has 2 aromatic rings. The molecule has 1 heterocycles. The van der Waals surface area contributed by atoms with Crippen LogP contribution in [0.2, 0.25) is 0 Å². The first kappa shape index (κ1) is 26.5. The number of hydrogen-bond acceptors (Lipinski definition) is 6. The quantitative estimate of drug-likeness (QED) is 0.540. The first-order chi connectivity index (χ1) is 15.0. The Hall–Kier alpha value is -2.79. The van der Waals surface area contributed by atoms with Crippen LogP contribution in [0.25, 0.3) is 0 Å². The van der Waals surface area contributed by atoms with Gasteiger partial charge in [0.1, 0.15) is 5.60 Å². The maximum absolute atomic E-state index is 12.8. The molecule has 0 fully saturated rings. The molecular formula is C24H27LiN2O6. The number of aliphatic hydroxyl groups is 1. The number of rotatable bonds is 5. The number of carboxylic acid groups (broad SMARTS) is 1. The van der Waals surface area contributed by atoms with Crippen molar-refractivity contribution in [2.24, 2.45) is 0 Å². The number of benzene rings is 2. The van der Waals surface area contributed by atoms with Crippen LogP contribution >= 0.6 is 0 Å². The average molecular weight is 446 g/mol. The van der Waals surface area contributed by atoms with Crippen molar-refractivity contribution in [1.82, 2.24) is 10.2 Å². The van der Waals surface area contributed by atoms with E-state index < -0.39 is 35.7 Å². The second-order valence-corrected chi connectivity index (χ2v) is 8.79. The van der Waals surface area contributed by atoms with Gasteiger partial charge in [0.25, 0.3) is 5.91 Å². The fourth-order valence-corrected chi connectivity index (χ4v) is 3.60. The molecule has 170 valence electrons. The number of ether oxygens (including phenoxy) is 1. The van der Waals surface area contributed by atoms with Gasteiger partial charge in [-0.2, -0.15) is 0 Å². The summed E-state index contributed by atoms with van der Waals surface area (Å²) in [5.74, 6) is -1.79. The van der Waals surface area contributed by atoms with Gasteiger partial charge in [-0.1, -0.05) is 36.4 Å². The normalized spacial score (nSPS) is 16.1. The van der Waals surface area contributed by atoms with Crippen molar-refractivity contribution in [1.29, 1.82) is 0 Å². The molecule has 0 aromatic heterocycles. The third kappa shape index (κ3) is 6.84. The number of nitrogens with one attached hydrogen (secondary N) is 1. The van der Waals surface area contributed by atoms with E-state index in [9.17, 15) is 24.6 Å². The summed E-state index contributed by atoms with van der Waals surface area (Å²) < 4.78 is 5.53. The Balaban J connectivity index is 0.00000385. The predicted octanol–water partition coefficient (Wildman–Crippen LogP) is -1.49. The van der Waals surface area contributed by atoms with E-state index in [2.05, 4.69) is 5.32 Å². The molecule has 33 heavy (non-hydrogen) atoms. The van der Waals surface area contributed by atoms with E-state index in [1.54, 1.807) is 20.8 Å². The van der Waals surface area contributed by atoms with Crippen LogP contribution in [0, 0.1) is 0 Å².